The zero-order chi connectivity index (χ0) is 27.3. The lowest BCUT2D eigenvalue weighted by molar-refractivity contribution is -0.139. The number of benzene rings is 2. The molecule has 9 nitrogen and oxygen atoms in total. The van der Waals surface area contributed by atoms with Crippen molar-refractivity contribution in [2.24, 2.45) is 0 Å². The molecule has 0 aromatic heterocycles. The summed E-state index contributed by atoms with van der Waals surface area (Å²) < 4.78 is 22.0. The number of likely N-dealkylation sites (tertiary alicyclic amines) is 1. The summed E-state index contributed by atoms with van der Waals surface area (Å²) in [4.78, 5) is 30.1. The van der Waals surface area contributed by atoms with Gasteiger partial charge in [-0.3, -0.25) is 9.59 Å². The fraction of sp³-hybridized carbons (Fsp3) is 0.407. The number of ketones is 1. The molecular formula is C27H33ClN2O7. The van der Waals surface area contributed by atoms with Gasteiger partial charge < -0.3 is 33.9 Å². The first-order valence-corrected chi connectivity index (χ1v) is 12.2. The van der Waals surface area contributed by atoms with Gasteiger partial charge in [0.1, 0.15) is 11.5 Å². The van der Waals surface area contributed by atoms with Crippen LogP contribution < -0.4 is 18.9 Å². The quantitative estimate of drug-likeness (QED) is 0.262. The molecule has 1 N–H and O–H groups in total. The van der Waals surface area contributed by atoms with E-state index in [2.05, 4.69) is 0 Å². The molecule has 200 valence electrons. The molecule has 1 fully saturated rings. The number of carbonyl (C=O) groups excluding carboxylic acids is 2. The number of aliphatic hydroxyl groups is 1. The van der Waals surface area contributed by atoms with E-state index in [0.29, 0.717) is 48.1 Å². The molecule has 37 heavy (non-hydrogen) atoms. The van der Waals surface area contributed by atoms with Crippen LogP contribution in [0.25, 0.3) is 5.76 Å². The van der Waals surface area contributed by atoms with E-state index in [1.54, 1.807) is 30.3 Å². The zero-order valence-electron chi connectivity index (χ0n) is 22.0. The Morgan fingerprint density at radius 3 is 2.24 bits per heavy atom. The first kappa shape index (κ1) is 28.1. The Morgan fingerprint density at radius 1 is 1.05 bits per heavy atom. The number of aliphatic hydroxyl groups excluding tert-OH is 1. The highest BCUT2D eigenvalue weighted by Crippen LogP contribution is 2.46. The van der Waals surface area contributed by atoms with Gasteiger partial charge >= 0.3 is 0 Å². The van der Waals surface area contributed by atoms with Gasteiger partial charge in [0.2, 0.25) is 5.75 Å². The second kappa shape index (κ2) is 12.2. The highest BCUT2D eigenvalue weighted by molar-refractivity contribution is 6.47. The van der Waals surface area contributed by atoms with Gasteiger partial charge in [-0.15, -0.1) is 0 Å². The predicted octanol–water partition coefficient (Wildman–Crippen LogP) is 4.14. The van der Waals surface area contributed by atoms with Crippen molar-refractivity contribution >= 4 is 29.1 Å². The summed E-state index contributed by atoms with van der Waals surface area (Å²) in [6.45, 7) is 3.22. The zero-order valence-corrected chi connectivity index (χ0v) is 22.7. The maximum Gasteiger partial charge on any atom is 0.295 e. The van der Waals surface area contributed by atoms with Crippen molar-refractivity contribution in [1.29, 1.82) is 0 Å². The molecule has 1 saturated heterocycles. The van der Waals surface area contributed by atoms with Crippen LogP contribution in [0, 0.1) is 0 Å². The van der Waals surface area contributed by atoms with E-state index in [1.165, 1.54) is 26.2 Å². The lowest BCUT2D eigenvalue weighted by atomic mass is 9.94. The Kier molecular flexibility index (Phi) is 9.29. The average molecular weight is 533 g/mol. The summed E-state index contributed by atoms with van der Waals surface area (Å²) in [6.07, 6.45) is 0.613. The Labute approximate surface area is 222 Å². The monoisotopic (exact) mass is 532 g/mol. The minimum absolute atomic E-state index is 0.0836. The van der Waals surface area contributed by atoms with Gasteiger partial charge in [-0.05, 0) is 69.9 Å². The van der Waals surface area contributed by atoms with E-state index in [9.17, 15) is 14.7 Å². The van der Waals surface area contributed by atoms with E-state index in [0.717, 1.165) is 0 Å². The van der Waals surface area contributed by atoms with Crippen molar-refractivity contribution in [3.8, 4) is 23.0 Å². The van der Waals surface area contributed by atoms with Gasteiger partial charge in [-0.25, -0.2) is 0 Å². The van der Waals surface area contributed by atoms with Crippen LogP contribution in [0.15, 0.2) is 35.9 Å². The van der Waals surface area contributed by atoms with Crippen LogP contribution >= 0.6 is 11.6 Å². The normalized spacial score (nSPS) is 16.9. The number of hydrogen-bond acceptors (Lipinski definition) is 8. The summed E-state index contributed by atoms with van der Waals surface area (Å²) in [5.74, 6) is -0.364. The van der Waals surface area contributed by atoms with Crippen molar-refractivity contribution in [3.05, 3.63) is 52.1 Å². The van der Waals surface area contributed by atoms with Crippen LogP contribution in [0.5, 0.6) is 23.0 Å². The topological polar surface area (TPSA) is 97.8 Å². The minimum Gasteiger partial charge on any atom is -0.507 e. The molecule has 0 bridgehead atoms. The van der Waals surface area contributed by atoms with E-state index >= 15 is 0 Å². The molecule has 0 spiro atoms. The number of Topliss-reactive ketones (excluding diaryl/α,β-unsaturated/α-hetero) is 1. The lowest BCUT2D eigenvalue weighted by Gasteiger charge is -2.27. The fourth-order valence-corrected chi connectivity index (χ4v) is 4.57. The summed E-state index contributed by atoms with van der Waals surface area (Å²) in [5, 5.41) is 11.7. The molecule has 0 saturated carbocycles. The third-order valence-corrected chi connectivity index (χ3v) is 6.38. The molecule has 2 aromatic carbocycles. The van der Waals surface area contributed by atoms with Crippen molar-refractivity contribution in [3.63, 3.8) is 0 Å². The largest absolute Gasteiger partial charge is 0.507 e. The number of ether oxygens (including phenoxy) is 4. The standard InChI is InChI=1S/C27H33ClN2O7/c1-7-37-17-9-10-19(28)18(15-17)24(31)22-23(30(27(33)25(22)32)12-8-11-29(2)3)16-13-20(34-4)26(36-6)21(14-16)35-5/h9-10,13-15,23,31H,7-8,11-12H2,1-6H3/b24-22+. The molecule has 1 unspecified atom stereocenters. The molecule has 2 aromatic rings. The van der Waals surface area contributed by atoms with Crippen molar-refractivity contribution < 1.29 is 33.6 Å². The Morgan fingerprint density at radius 2 is 1.70 bits per heavy atom. The van der Waals surface area contributed by atoms with E-state index in [-0.39, 0.29) is 22.7 Å². The minimum atomic E-state index is -0.914. The van der Waals surface area contributed by atoms with Crippen LogP contribution in [0.1, 0.15) is 30.5 Å². The molecular weight excluding hydrogens is 500 g/mol. The van der Waals surface area contributed by atoms with Crippen LogP contribution in [0.3, 0.4) is 0 Å². The van der Waals surface area contributed by atoms with Gasteiger partial charge in [0.25, 0.3) is 11.7 Å². The molecule has 0 radical (unpaired) electrons. The maximum atomic E-state index is 13.4. The van der Waals surface area contributed by atoms with E-state index in [4.69, 9.17) is 30.5 Å². The van der Waals surface area contributed by atoms with Crippen molar-refractivity contribution in [2.45, 2.75) is 19.4 Å². The first-order chi connectivity index (χ1) is 17.7. The van der Waals surface area contributed by atoms with Gasteiger partial charge in [0, 0.05) is 12.1 Å². The molecule has 1 heterocycles. The number of carbonyl (C=O) groups is 2. The van der Waals surface area contributed by atoms with Crippen molar-refractivity contribution in [1.82, 2.24) is 9.80 Å². The van der Waals surface area contributed by atoms with Crippen LogP contribution in [0.2, 0.25) is 5.02 Å². The Balaban J connectivity index is 2.25. The number of methoxy groups -OCH3 is 3. The summed E-state index contributed by atoms with van der Waals surface area (Å²) in [5.41, 5.74) is 0.619. The molecule has 1 aliphatic heterocycles. The summed E-state index contributed by atoms with van der Waals surface area (Å²) in [6, 6.07) is 7.21. The average Bonchev–Trinajstić information content (AvgIpc) is 3.13. The number of nitrogens with zero attached hydrogens (tertiary/aromatic N) is 2. The number of amides is 1. The molecule has 1 amide bonds. The third-order valence-electron chi connectivity index (χ3n) is 6.05. The third kappa shape index (κ3) is 5.78. The maximum absolute atomic E-state index is 13.4. The number of halogens is 1. The molecule has 1 aliphatic rings. The summed E-state index contributed by atoms with van der Waals surface area (Å²) >= 11 is 6.42. The molecule has 1 atom stereocenters. The SMILES string of the molecule is CCOc1ccc(Cl)c(/C(O)=C2\C(=O)C(=O)N(CCCN(C)C)C2c2cc(OC)c(OC)c(OC)c2)c1. The van der Waals surface area contributed by atoms with E-state index < -0.39 is 23.5 Å². The Hall–Kier alpha value is -3.43. The highest BCUT2D eigenvalue weighted by atomic mass is 35.5. The number of rotatable bonds is 11. The van der Waals surface area contributed by atoms with Crippen molar-refractivity contribution in [2.75, 3.05) is 55.1 Å². The smallest absolute Gasteiger partial charge is 0.295 e. The van der Waals surface area contributed by atoms with Crippen LogP contribution in [-0.4, -0.2) is 81.7 Å². The summed E-state index contributed by atoms with van der Waals surface area (Å²) in [7, 11) is 8.30. The second-order valence-electron chi connectivity index (χ2n) is 8.68. The fourth-order valence-electron chi connectivity index (χ4n) is 4.36. The second-order valence-corrected chi connectivity index (χ2v) is 9.09. The van der Waals surface area contributed by atoms with Crippen LogP contribution in [-0.2, 0) is 9.59 Å². The van der Waals surface area contributed by atoms with E-state index in [1.807, 2.05) is 25.9 Å². The van der Waals surface area contributed by atoms with Gasteiger partial charge in [-0.2, -0.15) is 0 Å². The van der Waals surface area contributed by atoms with Gasteiger partial charge in [0.15, 0.2) is 11.5 Å². The van der Waals surface area contributed by atoms with Gasteiger partial charge in [0.05, 0.1) is 44.6 Å². The molecule has 3 rings (SSSR count). The Bertz CT molecular complexity index is 1170. The number of hydrogen-bond donors (Lipinski definition) is 1. The molecule has 0 aliphatic carbocycles. The first-order valence-electron chi connectivity index (χ1n) is 11.8. The van der Waals surface area contributed by atoms with Crippen LogP contribution in [0.4, 0.5) is 0 Å². The lowest BCUT2D eigenvalue weighted by Crippen LogP contribution is -2.32. The van der Waals surface area contributed by atoms with Gasteiger partial charge in [-0.1, -0.05) is 11.6 Å². The predicted molar refractivity (Wildman–Crippen MR) is 141 cm³/mol. The highest BCUT2D eigenvalue weighted by Gasteiger charge is 2.46. The molecule has 10 heteroatoms.